The van der Waals surface area contributed by atoms with Crippen molar-refractivity contribution in [1.29, 1.82) is 0 Å². The molecule has 1 aliphatic heterocycles. The van der Waals surface area contributed by atoms with Crippen LogP contribution in [0.5, 0.6) is 0 Å². The molecule has 7 heteroatoms. The first kappa shape index (κ1) is 16.1. The predicted octanol–water partition coefficient (Wildman–Crippen LogP) is 2.60. The first-order valence-electron chi connectivity index (χ1n) is 9.03. The Bertz CT molecular complexity index is 801. The van der Waals surface area contributed by atoms with Gasteiger partial charge in [0.25, 0.3) is 5.91 Å². The van der Waals surface area contributed by atoms with E-state index in [4.69, 9.17) is 10.3 Å². The van der Waals surface area contributed by atoms with Gasteiger partial charge in [-0.2, -0.15) is 0 Å². The summed E-state index contributed by atoms with van der Waals surface area (Å²) in [5, 5.41) is 4.14. The highest BCUT2D eigenvalue weighted by Gasteiger charge is 2.33. The summed E-state index contributed by atoms with van der Waals surface area (Å²) in [5.74, 6) is 0.893. The Morgan fingerprint density at radius 1 is 1.24 bits per heavy atom. The number of aromatic nitrogens is 3. The molecule has 0 radical (unpaired) electrons. The van der Waals surface area contributed by atoms with Gasteiger partial charge in [0.2, 0.25) is 5.95 Å². The van der Waals surface area contributed by atoms with Crippen LogP contribution in [0.15, 0.2) is 10.6 Å². The second kappa shape index (κ2) is 6.46. The van der Waals surface area contributed by atoms with Crippen LogP contribution in [-0.2, 0) is 12.8 Å². The summed E-state index contributed by atoms with van der Waals surface area (Å²) < 4.78 is 5.23. The van der Waals surface area contributed by atoms with Crippen LogP contribution in [0.4, 0.5) is 5.95 Å². The maximum atomic E-state index is 13.3. The summed E-state index contributed by atoms with van der Waals surface area (Å²) in [6, 6.07) is 1.86. The van der Waals surface area contributed by atoms with E-state index in [2.05, 4.69) is 15.1 Å². The summed E-state index contributed by atoms with van der Waals surface area (Å²) in [4.78, 5) is 23.9. The zero-order valence-corrected chi connectivity index (χ0v) is 14.5. The minimum absolute atomic E-state index is 0.0578. The SMILES string of the molecule is Cc1cc([C@@H]2CCCCN2C(=O)c2nc(N)nc3c2CCCC3)no1. The predicted molar refractivity (Wildman–Crippen MR) is 92.0 cm³/mol. The van der Waals surface area contributed by atoms with E-state index in [0.29, 0.717) is 12.2 Å². The Kier molecular flexibility index (Phi) is 4.15. The van der Waals surface area contributed by atoms with Crippen molar-refractivity contribution in [2.75, 3.05) is 12.3 Å². The standard InChI is InChI=1S/C18H23N5O2/c1-11-10-14(22-25-11)15-8-4-5-9-23(15)17(24)16-12-6-2-3-7-13(12)20-18(19)21-16/h10,15H,2-9H2,1H3,(H2,19,20,21)/t15-/m0/s1. The van der Waals surface area contributed by atoms with E-state index < -0.39 is 0 Å². The van der Waals surface area contributed by atoms with Gasteiger partial charge in [-0.05, 0) is 51.9 Å². The highest BCUT2D eigenvalue weighted by atomic mass is 16.5. The molecule has 1 atom stereocenters. The zero-order chi connectivity index (χ0) is 17.4. The number of hydrogen-bond acceptors (Lipinski definition) is 6. The summed E-state index contributed by atoms with van der Waals surface area (Å²) >= 11 is 0. The molecule has 1 fully saturated rings. The maximum Gasteiger partial charge on any atom is 0.273 e. The lowest BCUT2D eigenvalue weighted by atomic mass is 9.93. The van der Waals surface area contributed by atoms with Crippen LogP contribution in [0.2, 0.25) is 0 Å². The van der Waals surface area contributed by atoms with Gasteiger partial charge in [-0.25, -0.2) is 9.97 Å². The number of amides is 1. The van der Waals surface area contributed by atoms with E-state index in [9.17, 15) is 4.79 Å². The van der Waals surface area contributed by atoms with E-state index in [-0.39, 0.29) is 17.9 Å². The van der Waals surface area contributed by atoms with Crippen molar-refractivity contribution in [2.45, 2.75) is 57.9 Å². The number of piperidine rings is 1. The number of nitrogens with zero attached hydrogens (tertiary/aromatic N) is 4. The highest BCUT2D eigenvalue weighted by molar-refractivity contribution is 5.94. The van der Waals surface area contributed by atoms with Crippen LogP contribution in [0.3, 0.4) is 0 Å². The molecule has 1 saturated heterocycles. The summed E-state index contributed by atoms with van der Waals surface area (Å²) in [6.45, 7) is 2.57. The Morgan fingerprint density at radius 3 is 2.88 bits per heavy atom. The van der Waals surface area contributed by atoms with Crippen molar-refractivity contribution in [3.05, 3.63) is 34.5 Å². The minimum Gasteiger partial charge on any atom is -0.368 e. The van der Waals surface area contributed by atoms with E-state index in [1.807, 2.05) is 17.9 Å². The average Bonchev–Trinajstić information content (AvgIpc) is 3.06. The van der Waals surface area contributed by atoms with E-state index in [1.165, 1.54) is 0 Å². The van der Waals surface area contributed by atoms with Crippen molar-refractivity contribution >= 4 is 11.9 Å². The Balaban J connectivity index is 1.70. The largest absolute Gasteiger partial charge is 0.368 e. The number of aryl methyl sites for hydroxylation is 2. The molecule has 0 bridgehead atoms. The number of hydrogen-bond donors (Lipinski definition) is 1. The topological polar surface area (TPSA) is 98.1 Å². The third kappa shape index (κ3) is 2.99. The van der Waals surface area contributed by atoms with Gasteiger partial charge in [0.15, 0.2) is 0 Å². The fourth-order valence-corrected chi connectivity index (χ4v) is 3.95. The number of fused-ring (bicyclic) bond motifs is 1. The van der Waals surface area contributed by atoms with Gasteiger partial charge < -0.3 is 15.2 Å². The van der Waals surface area contributed by atoms with E-state index in [1.54, 1.807) is 0 Å². The van der Waals surface area contributed by atoms with Crippen LogP contribution in [0.25, 0.3) is 0 Å². The second-order valence-electron chi connectivity index (χ2n) is 6.94. The number of likely N-dealkylation sites (tertiary alicyclic amines) is 1. The Labute approximate surface area is 146 Å². The molecular weight excluding hydrogens is 318 g/mol. The molecule has 25 heavy (non-hydrogen) atoms. The third-order valence-corrected chi connectivity index (χ3v) is 5.15. The van der Waals surface area contributed by atoms with Gasteiger partial charge in [-0.15, -0.1) is 0 Å². The molecule has 7 nitrogen and oxygen atoms in total. The monoisotopic (exact) mass is 341 g/mol. The first-order chi connectivity index (χ1) is 12.1. The zero-order valence-electron chi connectivity index (χ0n) is 14.5. The lowest BCUT2D eigenvalue weighted by molar-refractivity contribution is 0.0594. The molecule has 132 valence electrons. The summed E-state index contributed by atoms with van der Waals surface area (Å²) in [7, 11) is 0. The summed E-state index contributed by atoms with van der Waals surface area (Å²) in [5.41, 5.74) is 9.10. The van der Waals surface area contributed by atoms with Crippen molar-refractivity contribution < 1.29 is 9.32 Å². The maximum absolute atomic E-state index is 13.3. The molecule has 0 spiro atoms. The van der Waals surface area contributed by atoms with Gasteiger partial charge in [-0.3, -0.25) is 4.79 Å². The van der Waals surface area contributed by atoms with Crippen molar-refractivity contribution in [1.82, 2.24) is 20.0 Å². The number of nitrogen functional groups attached to an aromatic ring is 1. The van der Waals surface area contributed by atoms with Crippen molar-refractivity contribution in [2.24, 2.45) is 0 Å². The summed E-state index contributed by atoms with van der Waals surface area (Å²) in [6.07, 6.45) is 6.81. The van der Waals surface area contributed by atoms with Crippen LogP contribution in [-0.4, -0.2) is 32.5 Å². The van der Waals surface area contributed by atoms with Gasteiger partial charge in [0.1, 0.15) is 17.1 Å². The fraction of sp³-hybridized carbons (Fsp3) is 0.556. The molecule has 2 aromatic rings. The fourth-order valence-electron chi connectivity index (χ4n) is 3.95. The minimum atomic E-state index is -0.0610. The van der Waals surface area contributed by atoms with Crippen LogP contribution < -0.4 is 5.73 Å². The lowest BCUT2D eigenvalue weighted by Crippen LogP contribution is -2.40. The molecule has 0 saturated carbocycles. The van der Waals surface area contributed by atoms with Gasteiger partial charge in [0.05, 0.1) is 6.04 Å². The van der Waals surface area contributed by atoms with Crippen LogP contribution in [0.1, 0.15) is 71.3 Å². The number of rotatable bonds is 2. The van der Waals surface area contributed by atoms with Gasteiger partial charge in [-0.1, -0.05) is 5.16 Å². The van der Waals surface area contributed by atoms with Gasteiger partial charge in [0, 0.05) is 23.9 Å². The number of anilines is 1. The lowest BCUT2D eigenvalue weighted by Gasteiger charge is -2.35. The molecule has 0 unspecified atom stereocenters. The van der Waals surface area contributed by atoms with E-state index >= 15 is 0 Å². The van der Waals surface area contributed by atoms with Crippen LogP contribution >= 0.6 is 0 Å². The molecule has 2 aromatic heterocycles. The molecular formula is C18H23N5O2. The normalized spacial score (nSPS) is 20.4. The van der Waals surface area contributed by atoms with Crippen molar-refractivity contribution in [3.8, 4) is 0 Å². The highest BCUT2D eigenvalue weighted by Crippen LogP contribution is 2.33. The molecule has 2 N–H and O–H groups in total. The number of nitrogens with two attached hydrogens (primary N) is 1. The molecule has 2 aliphatic rings. The average molecular weight is 341 g/mol. The Morgan fingerprint density at radius 2 is 2.08 bits per heavy atom. The number of carbonyl (C=O) groups excluding carboxylic acids is 1. The number of carbonyl (C=O) groups is 1. The molecule has 4 rings (SSSR count). The molecule has 1 aliphatic carbocycles. The third-order valence-electron chi connectivity index (χ3n) is 5.15. The smallest absolute Gasteiger partial charge is 0.273 e. The van der Waals surface area contributed by atoms with Gasteiger partial charge >= 0.3 is 0 Å². The first-order valence-corrected chi connectivity index (χ1v) is 9.03. The molecule has 1 amide bonds. The van der Waals surface area contributed by atoms with Crippen molar-refractivity contribution in [3.63, 3.8) is 0 Å². The van der Waals surface area contributed by atoms with E-state index in [0.717, 1.165) is 67.7 Å². The molecule has 0 aromatic carbocycles. The Hall–Kier alpha value is -2.44. The van der Waals surface area contributed by atoms with Crippen LogP contribution in [0, 0.1) is 6.92 Å². The second-order valence-corrected chi connectivity index (χ2v) is 6.94. The molecule has 3 heterocycles. The quantitative estimate of drug-likeness (QED) is 0.901.